The van der Waals surface area contributed by atoms with Crippen LogP contribution < -0.4 is 17.0 Å². The third-order valence-electron chi connectivity index (χ3n) is 1.30. The summed E-state index contributed by atoms with van der Waals surface area (Å²) in [6.45, 7) is 0. The summed E-state index contributed by atoms with van der Waals surface area (Å²) < 4.78 is 1.32. The summed E-state index contributed by atoms with van der Waals surface area (Å²) in [4.78, 5) is 0. The van der Waals surface area contributed by atoms with Crippen molar-refractivity contribution in [3.05, 3.63) is 35.7 Å². The van der Waals surface area contributed by atoms with Crippen LogP contribution in [0.2, 0.25) is 0 Å². The Kier molecular flexibility index (Phi) is 5.34. The van der Waals surface area contributed by atoms with Gasteiger partial charge in [-0.3, -0.25) is 11.3 Å². The SMILES string of the molecule is [Br-].[Mg+2].[c-]1cc2ccccc2s1. The van der Waals surface area contributed by atoms with Gasteiger partial charge in [0.1, 0.15) is 0 Å². The Hall–Kier alpha value is 0.426. The molecule has 11 heavy (non-hydrogen) atoms. The number of halogens is 1. The molecule has 0 spiro atoms. The van der Waals surface area contributed by atoms with Crippen molar-refractivity contribution in [3.8, 4) is 0 Å². The Morgan fingerprint density at radius 1 is 1.18 bits per heavy atom. The van der Waals surface area contributed by atoms with Crippen molar-refractivity contribution in [2.24, 2.45) is 0 Å². The molecule has 2 aromatic rings. The van der Waals surface area contributed by atoms with Crippen LogP contribution in [0.15, 0.2) is 30.3 Å². The molecule has 1 heterocycles. The molecule has 0 unspecified atom stereocenters. The van der Waals surface area contributed by atoms with E-state index in [1.165, 1.54) is 10.1 Å². The van der Waals surface area contributed by atoms with Gasteiger partial charge in [0.2, 0.25) is 0 Å². The van der Waals surface area contributed by atoms with E-state index >= 15 is 0 Å². The molecule has 0 saturated carbocycles. The topological polar surface area (TPSA) is 0 Å². The first kappa shape index (κ1) is 11.4. The zero-order chi connectivity index (χ0) is 6.10. The van der Waals surface area contributed by atoms with Gasteiger partial charge >= 0.3 is 23.1 Å². The molecular weight excluding hydrogens is 232 g/mol. The Labute approximate surface area is 96.5 Å². The Morgan fingerprint density at radius 3 is 2.64 bits per heavy atom. The van der Waals surface area contributed by atoms with Crippen molar-refractivity contribution >= 4 is 44.5 Å². The van der Waals surface area contributed by atoms with Gasteiger partial charge in [-0.15, -0.1) is 22.2 Å². The molecule has 0 N–H and O–H groups in total. The summed E-state index contributed by atoms with van der Waals surface area (Å²) in [5.74, 6) is 0. The maximum absolute atomic E-state index is 3.08. The van der Waals surface area contributed by atoms with Crippen molar-refractivity contribution in [3.63, 3.8) is 0 Å². The van der Waals surface area contributed by atoms with E-state index in [1.807, 2.05) is 18.2 Å². The van der Waals surface area contributed by atoms with Crippen LogP contribution in [-0.4, -0.2) is 23.1 Å². The first-order valence-corrected chi connectivity index (χ1v) is 3.63. The van der Waals surface area contributed by atoms with E-state index in [9.17, 15) is 0 Å². The molecule has 1 aromatic heterocycles. The molecule has 0 bridgehead atoms. The minimum absolute atomic E-state index is 0. The quantitative estimate of drug-likeness (QED) is 0.421. The van der Waals surface area contributed by atoms with Gasteiger partial charge in [-0.25, -0.2) is 0 Å². The molecule has 0 nitrogen and oxygen atoms in total. The second kappa shape index (κ2) is 5.14. The number of hydrogen-bond donors (Lipinski definition) is 0. The fourth-order valence-corrected chi connectivity index (χ4v) is 1.55. The molecule has 0 amide bonds. The normalized spacial score (nSPS) is 8.36. The van der Waals surface area contributed by atoms with Gasteiger partial charge in [0.05, 0.1) is 0 Å². The second-order valence-corrected chi connectivity index (χ2v) is 2.78. The summed E-state index contributed by atoms with van der Waals surface area (Å²) >= 11 is 1.66. The van der Waals surface area contributed by atoms with Gasteiger partial charge in [-0.2, -0.15) is 11.5 Å². The number of hydrogen-bond acceptors (Lipinski definition) is 1. The van der Waals surface area contributed by atoms with Crippen molar-refractivity contribution in [1.29, 1.82) is 0 Å². The molecule has 0 atom stereocenters. The summed E-state index contributed by atoms with van der Waals surface area (Å²) in [6, 6.07) is 10.3. The third kappa shape index (κ3) is 2.44. The van der Waals surface area contributed by atoms with Gasteiger partial charge in [0.15, 0.2) is 0 Å². The minimum atomic E-state index is 0. The number of thiophene rings is 1. The van der Waals surface area contributed by atoms with Gasteiger partial charge in [-0.05, 0) is 0 Å². The maximum atomic E-state index is 3.08. The number of rotatable bonds is 0. The molecule has 52 valence electrons. The van der Waals surface area contributed by atoms with Gasteiger partial charge in [0.25, 0.3) is 0 Å². The Morgan fingerprint density at radius 2 is 1.91 bits per heavy atom. The zero-order valence-corrected chi connectivity index (χ0v) is 9.70. The third-order valence-corrected chi connectivity index (χ3v) is 2.13. The van der Waals surface area contributed by atoms with Crippen LogP contribution in [0.5, 0.6) is 0 Å². The summed E-state index contributed by atoms with van der Waals surface area (Å²) in [5, 5.41) is 4.37. The van der Waals surface area contributed by atoms with Crippen molar-refractivity contribution < 1.29 is 17.0 Å². The largest absolute Gasteiger partial charge is 2.00 e. The average molecular weight is 237 g/mol. The standard InChI is InChI=1S/C8H5S.BrH.Mg/c1-2-4-8-7(3-1)5-6-9-8;;/h1-5H;1H;/q-1;;+2/p-1. The number of fused-ring (bicyclic) bond motifs is 1. The van der Waals surface area contributed by atoms with Crippen LogP contribution in [-0.2, 0) is 0 Å². The molecule has 2 rings (SSSR count). The van der Waals surface area contributed by atoms with Crippen molar-refractivity contribution in [2.75, 3.05) is 0 Å². The average Bonchev–Trinajstić information content (AvgIpc) is 2.33. The van der Waals surface area contributed by atoms with Crippen LogP contribution in [0.1, 0.15) is 0 Å². The maximum Gasteiger partial charge on any atom is 2.00 e. The monoisotopic (exact) mass is 236 g/mol. The first-order valence-electron chi connectivity index (χ1n) is 2.81. The summed E-state index contributed by atoms with van der Waals surface area (Å²) in [7, 11) is 0. The molecule has 3 heteroatoms. The van der Waals surface area contributed by atoms with Crippen LogP contribution in [0.25, 0.3) is 10.1 Å². The van der Waals surface area contributed by atoms with Gasteiger partial charge in [0, 0.05) is 0 Å². The molecule has 0 aliphatic heterocycles. The smallest absolute Gasteiger partial charge is 1.00 e. The van der Waals surface area contributed by atoms with E-state index in [-0.39, 0.29) is 40.0 Å². The molecular formula is C8H5BrMgS. The predicted octanol–water partition coefficient (Wildman–Crippen LogP) is -0.675. The van der Waals surface area contributed by atoms with Crippen LogP contribution in [0.3, 0.4) is 0 Å². The second-order valence-electron chi connectivity index (χ2n) is 1.90. The Balaban J connectivity index is 0.000000500. The van der Waals surface area contributed by atoms with Crippen molar-refractivity contribution in [1.82, 2.24) is 0 Å². The van der Waals surface area contributed by atoms with Crippen molar-refractivity contribution in [2.45, 2.75) is 0 Å². The first-order chi connectivity index (χ1) is 4.47. The fourth-order valence-electron chi connectivity index (χ4n) is 0.849. The van der Waals surface area contributed by atoms with E-state index in [4.69, 9.17) is 0 Å². The predicted molar refractivity (Wildman–Crippen MR) is 46.4 cm³/mol. The molecule has 0 radical (unpaired) electrons. The van der Waals surface area contributed by atoms with E-state index in [2.05, 4.69) is 17.5 Å². The van der Waals surface area contributed by atoms with E-state index < -0.39 is 0 Å². The Bertz CT molecular complexity index is 288. The van der Waals surface area contributed by atoms with E-state index in [1.54, 1.807) is 11.3 Å². The molecule has 0 aliphatic rings. The zero-order valence-electron chi connectivity index (χ0n) is 5.88. The van der Waals surface area contributed by atoms with E-state index in [0.717, 1.165) is 0 Å². The van der Waals surface area contributed by atoms with Gasteiger partial charge in [-0.1, -0.05) is 12.1 Å². The molecule has 0 fully saturated rings. The van der Waals surface area contributed by atoms with E-state index in [0.29, 0.717) is 0 Å². The minimum Gasteiger partial charge on any atom is -1.00 e. The van der Waals surface area contributed by atoms with Gasteiger partial charge < -0.3 is 17.0 Å². The van der Waals surface area contributed by atoms with Crippen LogP contribution in [0.4, 0.5) is 0 Å². The fraction of sp³-hybridized carbons (Fsp3) is 0. The summed E-state index contributed by atoms with van der Waals surface area (Å²) in [5.41, 5.74) is 0. The number of benzene rings is 1. The summed E-state index contributed by atoms with van der Waals surface area (Å²) in [6.07, 6.45) is 0. The molecule has 1 aromatic carbocycles. The molecule has 0 aliphatic carbocycles. The molecule has 0 saturated heterocycles. The van der Waals surface area contributed by atoms with Crippen LogP contribution >= 0.6 is 11.3 Å². The van der Waals surface area contributed by atoms with Crippen LogP contribution in [0, 0.1) is 5.38 Å².